The van der Waals surface area contributed by atoms with Crippen LogP contribution in [-0.4, -0.2) is 21.9 Å². The molecule has 0 saturated heterocycles. The van der Waals surface area contributed by atoms with Crippen molar-refractivity contribution in [3.63, 3.8) is 0 Å². The average Bonchev–Trinajstić information content (AvgIpc) is 2.62. The van der Waals surface area contributed by atoms with E-state index in [0.717, 1.165) is 0 Å². The summed E-state index contributed by atoms with van der Waals surface area (Å²) in [6.07, 6.45) is 6.96. The fraction of sp³-hybridized carbons (Fsp3) is 0.538. The van der Waals surface area contributed by atoms with Crippen LogP contribution in [0.2, 0.25) is 0 Å². The molecule has 4 heteroatoms. The number of terminal acetylenes is 1. The number of aryl methyl sites for hydroxylation is 1. The Kier molecular flexibility index (Phi) is 3.95. The van der Waals surface area contributed by atoms with E-state index in [1.807, 2.05) is 20.8 Å². The molecule has 1 atom stereocenters. The Morgan fingerprint density at radius 3 is 2.71 bits per heavy atom. The van der Waals surface area contributed by atoms with Gasteiger partial charge in [-0.1, -0.05) is 20.8 Å². The second kappa shape index (κ2) is 5.05. The molecule has 1 rings (SSSR count). The predicted molar refractivity (Wildman–Crippen MR) is 65.3 cm³/mol. The van der Waals surface area contributed by atoms with Gasteiger partial charge in [-0.15, -0.1) is 12.3 Å². The van der Waals surface area contributed by atoms with E-state index in [1.54, 1.807) is 19.3 Å². The number of esters is 1. The molecule has 0 radical (unpaired) electrons. The predicted octanol–water partition coefficient (Wildman–Crippen LogP) is 2.01. The Morgan fingerprint density at radius 1 is 1.65 bits per heavy atom. The highest BCUT2D eigenvalue weighted by atomic mass is 16.5. The molecule has 17 heavy (non-hydrogen) atoms. The summed E-state index contributed by atoms with van der Waals surface area (Å²) in [5.41, 5.74) is 0.247. The van der Waals surface area contributed by atoms with Crippen LogP contribution < -0.4 is 0 Å². The minimum atomic E-state index is -0.389. The summed E-state index contributed by atoms with van der Waals surface area (Å²) in [4.78, 5) is 11.9. The summed E-state index contributed by atoms with van der Waals surface area (Å²) in [6, 6.07) is 1.62. The van der Waals surface area contributed by atoms with Crippen LogP contribution in [0.3, 0.4) is 0 Å². The molecule has 1 aromatic rings. The van der Waals surface area contributed by atoms with Crippen molar-refractivity contribution >= 4 is 5.97 Å². The third kappa shape index (κ3) is 3.35. The van der Waals surface area contributed by atoms with Gasteiger partial charge in [-0.05, 0) is 11.5 Å². The molecule has 0 bridgehead atoms. The van der Waals surface area contributed by atoms with E-state index >= 15 is 0 Å². The van der Waals surface area contributed by atoms with Crippen LogP contribution in [0.5, 0.6) is 0 Å². The molecule has 92 valence electrons. The second-order valence-corrected chi connectivity index (χ2v) is 5.01. The first-order valence-corrected chi connectivity index (χ1v) is 5.48. The summed E-state index contributed by atoms with van der Waals surface area (Å²) in [6.45, 7) is 5.97. The summed E-state index contributed by atoms with van der Waals surface area (Å²) in [5.74, 6) is 2.15. The van der Waals surface area contributed by atoms with Crippen LogP contribution >= 0.6 is 0 Å². The first-order valence-electron chi connectivity index (χ1n) is 5.48. The first-order chi connectivity index (χ1) is 7.86. The fourth-order valence-electron chi connectivity index (χ4n) is 1.40. The molecule has 0 aromatic carbocycles. The zero-order valence-electron chi connectivity index (χ0n) is 10.7. The number of nitrogens with zero attached hydrogens (tertiary/aromatic N) is 2. The van der Waals surface area contributed by atoms with Gasteiger partial charge >= 0.3 is 5.97 Å². The van der Waals surface area contributed by atoms with Gasteiger partial charge in [-0.25, -0.2) is 4.79 Å². The highest BCUT2D eigenvalue weighted by Gasteiger charge is 2.28. The zero-order chi connectivity index (χ0) is 13.1. The number of carbonyl (C=O) groups is 1. The molecule has 1 heterocycles. The number of carbonyl (C=O) groups excluding carboxylic acids is 1. The minimum Gasteiger partial charge on any atom is -0.456 e. The quantitative estimate of drug-likeness (QED) is 0.593. The van der Waals surface area contributed by atoms with Crippen LogP contribution in [0.4, 0.5) is 0 Å². The molecular weight excluding hydrogens is 216 g/mol. The van der Waals surface area contributed by atoms with Gasteiger partial charge < -0.3 is 4.74 Å². The van der Waals surface area contributed by atoms with E-state index in [-0.39, 0.29) is 17.5 Å². The fourth-order valence-corrected chi connectivity index (χ4v) is 1.40. The Balaban J connectivity index is 2.79. The Labute approximate surface area is 102 Å². The molecule has 0 saturated carbocycles. The zero-order valence-corrected chi connectivity index (χ0v) is 10.7. The Bertz CT molecular complexity index is 435. The lowest BCUT2D eigenvalue weighted by atomic mass is 9.87. The lowest BCUT2D eigenvalue weighted by Crippen LogP contribution is -2.32. The van der Waals surface area contributed by atoms with Crippen molar-refractivity contribution in [1.29, 1.82) is 0 Å². The average molecular weight is 234 g/mol. The maximum Gasteiger partial charge on any atom is 0.356 e. The minimum absolute atomic E-state index is 0.180. The topological polar surface area (TPSA) is 44.1 Å². The van der Waals surface area contributed by atoms with Crippen LogP contribution in [0.1, 0.15) is 37.7 Å². The largest absolute Gasteiger partial charge is 0.456 e. The lowest BCUT2D eigenvalue weighted by Gasteiger charge is -2.28. The van der Waals surface area contributed by atoms with Crippen LogP contribution in [0.15, 0.2) is 12.3 Å². The highest BCUT2D eigenvalue weighted by molar-refractivity contribution is 5.87. The van der Waals surface area contributed by atoms with E-state index < -0.39 is 0 Å². The summed E-state index contributed by atoms with van der Waals surface area (Å²) in [7, 11) is 1.70. The van der Waals surface area contributed by atoms with Crippen molar-refractivity contribution in [1.82, 2.24) is 9.78 Å². The molecule has 0 aliphatic carbocycles. The van der Waals surface area contributed by atoms with E-state index in [4.69, 9.17) is 11.2 Å². The van der Waals surface area contributed by atoms with E-state index in [0.29, 0.717) is 12.1 Å². The van der Waals surface area contributed by atoms with Gasteiger partial charge in [0.25, 0.3) is 0 Å². The number of hydrogen-bond acceptors (Lipinski definition) is 3. The second-order valence-electron chi connectivity index (χ2n) is 5.01. The molecule has 1 unspecified atom stereocenters. The van der Waals surface area contributed by atoms with Gasteiger partial charge in [0.15, 0.2) is 0 Å². The van der Waals surface area contributed by atoms with Gasteiger partial charge in [0.05, 0.1) is 0 Å². The first kappa shape index (κ1) is 13.3. The van der Waals surface area contributed by atoms with E-state index in [2.05, 4.69) is 11.0 Å². The van der Waals surface area contributed by atoms with Crippen molar-refractivity contribution in [2.75, 3.05) is 0 Å². The maximum atomic E-state index is 11.9. The van der Waals surface area contributed by atoms with Gasteiger partial charge in [0, 0.05) is 19.7 Å². The summed E-state index contributed by atoms with van der Waals surface area (Å²) in [5, 5.41) is 3.93. The molecule has 0 aliphatic rings. The molecule has 0 spiro atoms. The maximum absolute atomic E-state index is 11.9. The van der Waals surface area contributed by atoms with Gasteiger partial charge in [-0.3, -0.25) is 4.68 Å². The van der Waals surface area contributed by atoms with E-state index in [9.17, 15) is 4.79 Å². The van der Waals surface area contributed by atoms with Crippen molar-refractivity contribution in [2.24, 2.45) is 12.5 Å². The number of hydrogen-bond donors (Lipinski definition) is 0. The summed E-state index contributed by atoms with van der Waals surface area (Å²) < 4.78 is 6.92. The Morgan fingerprint density at radius 2 is 2.29 bits per heavy atom. The molecule has 0 amide bonds. The highest BCUT2D eigenvalue weighted by Crippen LogP contribution is 2.25. The van der Waals surface area contributed by atoms with Gasteiger partial charge in [-0.2, -0.15) is 5.10 Å². The number of aromatic nitrogens is 2. The monoisotopic (exact) mass is 234 g/mol. The third-order valence-electron chi connectivity index (χ3n) is 2.55. The SMILES string of the molecule is C#CCC(OC(=O)c1ccnn1C)C(C)(C)C. The molecule has 0 N–H and O–H groups in total. The molecule has 0 aliphatic heterocycles. The normalized spacial score (nSPS) is 12.9. The summed E-state index contributed by atoms with van der Waals surface area (Å²) >= 11 is 0. The van der Waals surface area contributed by atoms with Crippen molar-refractivity contribution < 1.29 is 9.53 Å². The van der Waals surface area contributed by atoms with Gasteiger partial charge in [0.2, 0.25) is 0 Å². The van der Waals surface area contributed by atoms with Crippen LogP contribution in [0.25, 0.3) is 0 Å². The smallest absolute Gasteiger partial charge is 0.356 e. The van der Waals surface area contributed by atoms with Crippen molar-refractivity contribution in [3.05, 3.63) is 18.0 Å². The Hall–Kier alpha value is -1.76. The van der Waals surface area contributed by atoms with Crippen molar-refractivity contribution in [3.8, 4) is 12.3 Å². The van der Waals surface area contributed by atoms with Gasteiger partial charge in [0.1, 0.15) is 11.8 Å². The standard InChI is InChI=1S/C13H18N2O2/c1-6-7-11(13(2,3)4)17-12(16)10-8-9-14-15(10)5/h1,8-9,11H,7H2,2-5H3. The van der Waals surface area contributed by atoms with Crippen LogP contribution in [-0.2, 0) is 11.8 Å². The van der Waals surface area contributed by atoms with Crippen molar-refractivity contribution in [2.45, 2.75) is 33.3 Å². The molecular formula is C13H18N2O2. The van der Waals surface area contributed by atoms with Crippen LogP contribution in [0, 0.1) is 17.8 Å². The number of rotatable bonds is 3. The lowest BCUT2D eigenvalue weighted by molar-refractivity contribution is -0.00161. The molecule has 4 nitrogen and oxygen atoms in total. The number of ether oxygens (including phenoxy) is 1. The van der Waals surface area contributed by atoms with E-state index in [1.165, 1.54) is 4.68 Å². The molecule has 0 fully saturated rings. The molecule has 1 aromatic heterocycles. The third-order valence-corrected chi connectivity index (χ3v) is 2.55.